The number of hydrogen-bond acceptors (Lipinski definition) is 8. The van der Waals surface area contributed by atoms with Crippen molar-refractivity contribution in [2.24, 2.45) is 13.0 Å². The Bertz CT molecular complexity index is 1480. The molecule has 214 valence electrons. The first-order valence-corrected chi connectivity index (χ1v) is 14.1. The summed E-state index contributed by atoms with van der Waals surface area (Å²) in [6, 6.07) is 9.22. The standard InChI is InChI=1S/C29H31Cl2N7O3/c1-36(17-24-13-32-18-37(24)2)29-33-14-25(15-34-29)41-27-8-20(16-38-5-3-19(4-6-38)9-28(39)40)7-26(35-27)21-10-22(30)12-23(31)11-21/h7-8,10-15,18-19H,3-6,9,16-17H2,1-2H3,(H,39,40). The molecule has 1 saturated heterocycles. The van der Waals surface area contributed by atoms with E-state index in [1.54, 1.807) is 24.8 Å². The van der Waals surface area contributed by atoms with Gasteiger partial charge in [0.15, 0.2) is 5.75 Å². The van der Waals surface area contributed by atoms with Crippen molar-refractivity contribution in [2.75, 3.05) is 25.0 Å². The zero-order valence-electron chi connectivity index (χ0n) is 22.9. The Morgan fingerprint density at radius 3 is 2.41 bits per heavy atom. The van der Waals surface area contributed by atoms with Crippen molar-refractivity contribution in [1.82, 2.24) is 29.4 Å². The summed E-state index contributed by atoms with van der Waals surface area (Å²) in [4.78, 5) is 33.2. The normalized spacial score (nSPS) is 14.2. The van der Waals surface area contributed by atoms with Crippen LogP contribution in [0.3, 0.4) is 0 Å². The number of aryl methyl sites for hydroxylation is 1. The van der Waals surface area contributed by atoms with Crippen molar-refractivity contribution in [3.05, 3.63) is 76.6 Å². The molecule has 0 amide bonds. The summed E-state index contributed by atoms with van der Waals surface area (Å²) < 4.78 is 8.09. The molecule has 0 saturated carbocycles. The van der Waals surface area contributed by atoms with E-state index in [4.69, 9.17) is 38.0 Å². The molecule has 1 fully saturated rings. The molecular formula is C29H31Cl2N7O3. The molecule has 0 bridgehead atoms. The van der Waals surface area contributed by atoms with Gasteiger partial charge in [0.2, 0.25) is 11.8 Å². The van der Waals surface area contributed by atoms with Crippen LogP contribution in [0, 0.1) is 5.92 Å². The lowest BCUT2D eigenvalue weighted by atomic mass is 9.93. The van der Waals surface area contributed by atoms with Crippen molar-refractivity contribution in [3.63, 3.8) is 0 Å². The van der Waals surface area contributed by atoms with Gasteiger partial charge in [-0.1, -0.05) is 23.2 Å². The largest absolute Gasteiger partial charge is 0.481 e. The predicted octanol–water partition coefficient (Wildman–Crippen LogP) is 5.69. The minimum atomic E-state index is -0.735. The number of piperidine rings is 1. The Morgan fingerprint density at radius 1 is 1.07 bits per heavy atom. The highest BCUT2D eigenvalue weighted by Crippen LogP contribution is 2.31. The number of likely N-dealkylation sites (tertiary alicyclic amines) is 1. The summed E-state index contributed by atoms with van der Waals surface area (Å²) in [5.41, 5.74) is 3.50. The van der Waals surface area contributed by atoms with E-state index in [9.17, 15) is 4.79 Å². The maximum atomic E-state index is 11.1. The monoisotopic (exact) mass is 595 g/mol. The Labute approximate surface area is 248 Å². The minimum Gasteiger partial charge on any atom is -0.481 e. The molecule has 10 nitrogen and oxygen atoms in total. The summed E-state index contributed by atoms with van der Waals surface area (Å²) in [5, 5.41) is 10.2. The van der Waals surface area contributed by atoms with Gasteiger partial charge in [-0.05, 0) is 61.7 Å². The fourth-order valence-corrected chi connectivity index (χ4v) is 5.46. The number of aliphatic carboxylic acids is 1. The molecular weight excluding hydrogens is 565 g/mol. The second kappa shape index (κ2) is 12.8. The molecule has 0 aliphatic carbocycles. The van der Waals surface area contributed by atoms with Gasteiger partial charge in [0.1, 0.15) is 0 Å². The Morgan fingerprint density at radius 2 is 1.78 bits per heavy atom. The minimum absolute atomic E-state index is 0.218. The van der Waals surface area contributed by atoms with Crippen LogP contribution in [0.25, 0.3) is 11.3 Å². The number of carboxylic acid groups (broad SMARTS) is 1. The van der Waals surface area contributed by atoms with E-state index in [1.807, 2.05) is 54.0 Å². The molecule has 5 rings (SSSR count). The Kier molecular flexibility index (Phi) is 9.02. The maximum Gasteiger partial charge on any atom is 0.303 e. The molecule has 1 N–H and O–H groups in total. The number of rotatable bonds is 10. The molecule has 4 aromatic rings. The molecule has 12 heteroatoms. The average molecular weight is 597 g/mol. The third-order valence-electron chi connectivity index (χ3n) is 7.09. The maximum absolute atomic E-state index is 11.1. The van der Waals surface area contributed by atoms with Crippen LogP contribution in [-0.2, 0) is 24.9 Å². The highest BCUT2D eigenvalue weighted by atomic mass is 35.5. The van der Waals surface area contributed by atoms with Crippen LogP contribution < -0.4 is 9.64 Å². The van der Waals surface area contributed by atoms with Crippen molar-refractivity contribution in [1.29, 1.82) is 0 Å². The van der Waals surface area contributed by atoms with Gasteiger partial charge in [0.05, 0.1) is 36.7 Å². The lowest BCUT2D eigenvalue weighted by Gasteiger charge is -2.31. The SMILES string of the molecule is CN(Cc1cncn1C)c1ncc(Oc2cc(CN3CCC(CC(=O)O)CC3)cc(-c3cc(Cl)cc(Cl)c3)n2)cn1. The fraction of sp³-hybridized carbons (Fsp3) is 0.345. The molecule has 0 atom stereocenters. The van der Waals surface area contributed by atoms with Crippen LogP contribution in [0.15, 0.2) is 55.2 Å². The zero-order valence-corrected chi connectivity index (χ0v) is 24.4. The summed E-state index contributed by atoms with van der Waals surface area (Å²) in [5.74, 6) is 0.892. The van der Waals surface area contributed by atoms with Crippen LogP contribution in [0.2, 0.25) is 10.0 Å². The van der Waals surface area contributed by atoms with E-state index < -0.39 is 5.97 Å². The van der Waals surface area contributed by atoms with Crippen molar-refractivity contribution in [3.8, 4) is 22.9 Å². The summed E-state index contributed by atoms with van der Waals surface area (Å²) >= 11 is 12.6. The number of halogens is 2. The number of anilines is 1. The Balaban J connectivity index is 1.34. The van der Waals surface area contributed by atoms with E-state index in [2.05, 4.69) is 19.9 Å². The molecule has 0 spiro atoms. The van der Waals surface area contributed by atoms with Gasteiger partial charge in [-0.15, -0.1) is 0 Å². The first-order chi connectivity index (χ1) is 19.7. The van der Waals surface area contributed by atoms with Gasteiger partial charge in [0.25, 0.3) is 0 Å². The molecule has 1 aromatic carbocycles. The summed E-state index contributed by atoms with van der Waals surface area (Å²) in [6.07, 6.45) is 8.76. The zero-order chi connectivity index (χ0) is 28.9. The molecule has 0 unspecified atom stereocenters. The number of nitrogens with zero attached hydrogens (tertiary/aromatic N) is 7. The van der Waals surface area contributed by atoms with Gasteiger partial charge in [-0.25, -0.2) is 19.9 Å². The summed E-state index contributed by atoms with van der Waals surface area (Å²) in [6.45, 7) is 2.94. The molecule has 4 heterocycles. The number of carboxylic acids is 1. The first kappa shape index (κ1) is 28.8. The van der Waals surface area contributed by atoms with Gasteiger partial charge < -0.3 is 19.3 Å². The van der Waals surface area contributed by atoms with Gasteiger partial charge >= 0.3 is 5.97 Å². The topological polar surface area (TPSA) is 110 Å². The number of aromatic nitrogens is 5. The van der Waals surface area contributed by atoms with Gasteiger partial charge in [0, 0.05) is 54.9 Å². The molecule has 1 aliphatic rings. The molecule has 3 aromatic heterocycles. The van der Waals surface area contributed by atoms with E-state index >= 15 is 0 Å². The van der Waals surface area contributed by atoms with E-state index in [0.29, 0.717) is 46.4 Å². The quantitative estimate of drug-likeness (QED) is 0.247. The third-order valence-corrected chi connectivity index (χ3v) is 7.53. The van der Waals surface area contributed by atoms with Crippen LogP contribution in [-0.4, -0.2) is 60.6 Å². The van der Waals surface area contributed by atoms with E-state index in [-0.39, 0.29) is 12.3 Å². The molecule has 0 radical (unpaired) electrons. The highest BCUT2D eigenvalue weighted by molar-refractivity contribution is 6.35. The lowest BCUT2D eigenvalue weighted by molar-refractivity contribution is -0.138. The number of hydrogen-bond donors (Lipinski definition) is 1. The number of ether oxygens (including phenoxy) is 1. The van der Waals surface area contributed by atoms with Gasteiger partial charge in [-0.3, -0.25) is 9.69 Å². The number of benzene rings is 1. The second-order valence-corrected chi connectivity index (χ2v) is 11.2. The van der Waals surface area contributed by atoms with Crippen molar-refractivity contribution in [2.45, 2.75) is 32.4 Å². The van der Waals surface area contributed by atoms with E-state index in [1.165, 1.54) is 0 Å². The summed E-state index contributed by atoms with van der Waals surface area (Å²) in [7, 11) is 3.86. The smallest absolute Gasteiger partial charge is 0.303 e. The van der Waals surface area contributed by atoms with Crippen molar-refractivity contribution >= 4 is 35.1 Å². The van der Waals surface area contributed by atoms with Crippen molar-refractivity contribution < 1.29 is 14.6 Å². The van der Waals surface area contributed by atoms with Crippen LogP contribution >= 0.6 is 23.2 Å². The van der Waals surface area contributed by atoms with Gasteiger partial charge in [-0.2, -0.15) is 0 Å². The van der Waals surface area contributed by atoms with Crippen LogP contribution in [0.4, 0.5) is 5.95 Å². The first-order valence-electron chi connectivity index (χ1n) is 13.3. The number of imidazole rings is 1. The third kappa shape index (κ3) is 7.72. The van der Waals surface area contributed by atoms with Crippen LogP contribution in [0.1, 0.15) is 30.5 Å². The average Bonchev–Trinajstić information content (AvgIpc) is 3.33. The highest BCUT2D eigenvalue weighted by Gasteiger charge is 2.22. The number of carbonyl (C=O) groups is 1. The fourth-order valence-electron chi connectivity index (χ4n) is 4.94. The molecule has 1 aliphatic heterocycles. The van der Waals surface area contributed by atoms with Crippen LogP contribution in [0.5, 0.6) is 11.6 Å². The predicted molar refractivity (Wildman–Crippen MR) is 157 cm³/mol. The van der Waals surface area contributed by atoms with E-state index in [0.717, 1.165) is 42.8 Å². The second-order valence-electron chi connectivity index (χ2n) is 10.3. The lowest BCUT2D eigenvalue weighted by Crippen LogP contribution is -2.33. The molecule has 41 heavy (non-hydrogen) atoms. The Hall–Kier alpha value is -3.73. The number of pyridine rings is 1.